The summed E-state index contributed by atoms with van der Waals surface area (Å²) in [7, 11) is 0. The molecule has 0 unspecified atom stereocenters. The Labute approximate surface area is 206 Å². The Bertz CT molecular complexity index is 1210. The van der Waals surface area contributed by atoms with Crippen LogP contribution in [-0.4, -0.2) is 0 Å². The molecule has 0 amide bonds. The number of rotatable bonds is 4. The molecule has 0 spiro atoms. The monoisotopic (exact) mass is 478 g/mol. The molecule has 0 atom stereocenters. The molecule has 0 aliphatic heterocycles. The highest BCUT2D eigenvalue weighted by Crippen LogP contribution is 2.48. The highest BCUT2D eigenvalue weighted by Gasteiger charge is 2.22. The van der Waals surface area contributed by atoms with E-state index in [2.05, 4.69) is 104 Å². The lowest BCUT2D eigenvalue weighted by molar-refractivity contribution is 0.590. The fourth-order valence-corrected chi connectivity index (χ4v) is 7.80. The van der Waals surface area contributed by atoms with Crippen molar-refractivity contribution in [3.63, 3.8) is 0 Å². The third-order valence-corrected chi connectivity index (χ3v) is 10.4. The molecular weight excluding hydrogens is 445 g/mol. The van der Waals surface area contributed by atoms with Gasteiger partial charge in [-0.1, -0.05) is 72.7 Å². The SMILES string of the molecule is CCc1c(-c2ccc(-c3ccc(C(C)(C)C)cc3)s2)sc(-c2ccc(C(C)(C)C)s2)c1C. The van der Waals surface area contributed by atoms with Gasteiger partial charge in [-0.3, -0.25) is 0 Å². The molecule has 0 radical (unpaired) electrons. The Kier molecular flexibility index (Phi) is 6.30. The van der Waals surface area contributed by atoms with Crippen molar-refractivity contribution in [2.24, 2.45) is 0 Å². The van der Waals surface area contributed by atoms with Crippen LogP contribution in [0.15, 0.2) is 48.5 Å². The molecule has 1 aromatic carbocycles. The molecule has 0 nitrogen and oxygen atoms in total. The molecule has 0 aliphatic carbocycles. The van der Waals surface area contributed by atoms with E-state index in [4.69, 9.17) is 0 Å². The molecule has 0 saturated heterocycles. The van der Waals surface area contributed by atoms with Gasteiger partial charge in [-0.15, -0.1) is 34.0 Å². The van der Waals surface area contributed by atoms with E-state index in [-0.39, 0.29) is 10.8 Å². The third-order valence-electron chi connectivity index (χ3n) is 6.06. The van der Waals surface area contributed by atoms with Gasteiger partial charge in [-0.05, 0) is 70.7 Å². The molecule has 3 aromatic heterocycles. The van der Waals surface area contributed by atoms with Gasteiger partial charge in [-0.25, -0.2) is 0 Å². The molecular formula is C29H34S3. The fourth-order valence-electron chi connectivity index (χ4n) is 4.02. The predicted octanol–water partition coefficient (Wildman–Crippen LogP) is 10.3. The third kappa shape index (κ3) is 4.53. The number of benzene rings is 1. The van der Waals surface area contributed by atoms with E-state index in [0.717, 1.165) is 6.42 Å². The van der Waals surface area contributed by atoms with E-state index in [1.807, 2.05) is 34.0 Å². The van der Waals surface area contributed by atoms with Crippen LogP contribution >= 0.6 is 34.0 Å². The number of thiophene rings is 3. The first kappa shape index (κ1) is 23.5. The Morgan fingerprint density at radius 2 is 1.22 bits per heavy atom. The molecule has 0 saturated carbocycles. The minimum absolute atomic E-state index is 0.189. The second-order valence-electron chi connectivity index (χ2n) is 10.6. The van der Waals surface area contributed by atoms with Gasteiger partial charge in [0.2, 0.25) is 0 Å². The van der Waals surface area contributed by atoms with E-state index in [1.54, 1.807) is 0 Å². The Morgan fingerprint density at radius 1 is 0.625 bits per heavy atom. The molecule has 3 heterocycles. The summed E-state index contributed by atoms with van der Waals surface area (Å²) in [6.07, 6.45) is 1.07. The smallest absolute Gasteiger partial charge is 0.0484 e. The Morgan fingerprint density at radius 3 is 1.78 bits per heavy atom. The van der Waals surface area contributed by atoms with Crippen molar-refractivity contribution in [2.45, 2.75) is 72.6 Å². The maximum absolute atomic E-state index is 2.32. The predicted molar refractivity (Wildman–Crippen MR) is 148 cm³/mol. The van der Waals surface area contributed by atoms with E-state index in [1.165, 1.54) is 51.5 Å². The van der Waals surface area contributed by atoms with Crippen molar-refractivity contribution < 1.29 is 0 Å². The lowest BCUT2D eigenvalue weighted by atomic mass is 9.86. The topological polar surface area (TPSA) is 0 Å². The first-order valence-electron chi connectivity index (χ1n) is 11.4. The van der Waals surface area contributed by atoms with Crippen LogP contribution in [0.5, 0.6) is 0 Å². The van der Waals surface area contributed by atoms with Gasteiger partial charge < -0.3 is 0 Å². The van der Waals surface area contributed by atoms with Gasteiger partial charge >= 0.3 is 0 Å². The second kappa shape index (κ2) is 8.59. The van der Waals surface area contributed by atoms with Crippen LogP contribution in [0.3, 0.4) is 0 Å². The zero-order chi connectivity index (χ0) is 23.3. The van der Waals surface area contributed by atoms with E-state index >= 15 is 0 Å². The summed E-state index contributed by atoms with van der Waals surface area (Å²) in [4.78, 5) is 8.50. The highest BCUT2D eigenvalue weighted by molar-refractivity contribution is 7.27. The van der Waals surface area contributed by atoms with Crippen LogP contribution in [0.1, 0.15) is 70.0 Å². The Hall–Kier alpha value is -1.68. The number of hydrogen-bond acceptors (Lipinski definition) is 3. The van der Waals surface area contributed by atoms with Crippen LogP contribution in [0.4, 0.5) is 0 Å². The van der Waals surface area contributed by atoms with E-state index in [0.29, 0.717) is 0 Å². The summed E-state index contributed by atoms with van der Waals surface area (Å²) >= 11 is 5.85. The number of hydrogen-bond donors (Lipinski definition) is 0. The quantitative estimate of drug-likeness (QED) is 0.273. The highest BCUT2D eigenvalue weighted by atomic mass is 32.1. The van der Waals surface area contributed by atoms with Crippen molar-refractivity contribution >= 4 is 34.0 Å². The maximum Gasteiger partial charge on any atom is 0.0484 e. The zero-order valence-corrected chi connectivity index (χ0v) is 23.0. The average molecular weight is 479 g/mol. The van der Waals surface area contributed by atoms with Gasteiger partial charge in [0.25, 0.3) is 0 Å². The largest absolute Gasteiger partial charge is 0.139 e. The van der Waals surface area contributed by atoms with Gasteiger partial charge in [0.15, 0.2) is 0 Å². The average Bonchev–Trinajstić information content (AvgIpc) is 3.45. The summed E-state index contributed by atoms with van der Waals surface area (Å²) < 4.78 is 0. The Balaban J connectivity index is 1.70. The van der Waals surface area contributed by atoms with Crippen molar-refractivity contribution in [3.8, 4) is 29.9 Å². The second-order valence-corrected chi connectivity index (χ2v) is 13.8. The summed E-state index contributed by atoms with van der Waals surface area (Å²) in [5, 5.41) is 0. The standard InChI is InChI=1S/C29H34S3/c1-9-21-18(2)26(23-16-17-25(31-23)29(6,7)8)32-27(21)24-15-14-22(30-24)19-10-12-20(13-11-19)28(3,4)5/h10-17H,9H2,1-8H3. The van der Waals surface area contributed by atoms with Gasteiger partial charge in [0, 0.05) is 29.3 Å². The molecule has 0 bridgehead atoms. The van der Waals surface area contributed by atoms with Crippen molar-refractivity contribution in [1.29, 1.82) is 0 Å². The van der Waals surface area contributed by atoms with Crippen LogP contribution in [0.25, 0.3) is 29.9 Å². The molecule has 3 heteroatoms. The summed E-state index contributed by atoms with van der Waals surface area (Å²) in [5.41, 5.74) is 6.06. The first-order valence-corrected chi connectivity index (χ1v) is 13.9. The zero-order valence-electron chi connectivity index (χ0n) is 20.6. The van der Waals surface area contributed by atoms with Crippen LogP contribution in [0, 0.1) is 6.92 Å². The molecule has 168 valence electrons. The molecule has 32 heavy (non-hydrogen) atoms. The molecule has 0 aliphatic rings. The summed E-state index contributed by atoms with van der Waals surface area (Å²) in [6, 6.07) is 18.4. The maximum atomic E-state index is 2.32. The summed E-state index contributed by atoms with van der Waals surface area (Å²) in [6.45, 7) is 18.3. The van der Waals surface area contributed by atoms with E-state index < -0.39 is 0 Å². The minimum Gasteiger partial charge on any atom is -0.139 e. The van der Waals surface area contributed by atoms with Crippen LogP contribution in [-0.2, 0) is 17.3 Å². The molecule has 0 fully saturated rings. The van der Waals surface area contributed by atoms with Gasteiger partial charge in [-0.2, -0.15) is 0 Å². The van der Waals surface area contributed by atoms with Crippen LogP contribution in [0.2, 0.25) is 0 Å². The van der Waals surface area contributed by atoms with Gasteiger partial charge in [0.05, 0.1) is 0 Å². The fraction of sp³-hybridized carbons (Fsp3) is 0.379. The van der Waals surface area contributed by atoms with Crippen molar-refractivity contribution in [3.05, 3.63) is 70.1 Å². The van der Waals surface area contributed by atoms with Gasteiger partial charge in [0.1, 0.15) is 0 Å². The van der Waals surface area contributed by atoms with Crippen molar-refractivity contribution in [2.75, 3.05) is 0 Å². The summed E-state index contributed by atoms with van der Waals surface area (Å²) in [5.74, 6) is 0. The van der Waals surface area contributed by atoms with Crippen LogP contribution < -0.4 is 0 Å². The molecule has 0 N–H and O–H groups in total. The normalized spacial score (nSPS) is 12.5. The lowest BCUT2D eigenvalue weighted by Crippen LogP contribution is -2.10. The minimum atomic E-state index is 0.189. The molecule has 4 aromatic rings. The van der Waals surface area contributed by atoms with E-state index in [9.17, 15) is 0 Å². The lowest BCUT2D eigenvalue weighted by Gasteiger charge is -2.18. The first-order chi connectivity index (χ1) is 15.0. The molecule has 4 rings (SSSR count). The van der Waals surface area contributed by atoms with Crippen molar-refractivity contribution in [1.82, 2.24) is 0 Å².